The molecule has 0 saturated carbocycles. The molecule has 0 aromatic heterocycles. The highest BCUT2D eigenvalue weighted by molar-refractivity contribution is 6.63. The van der Waals surface area contributed by atoms with Gasteiger partial charge in [-0.05, 0) is 25.4 Å². The number of carbonyl (C=O) groups is 6. The molecule has 2 aliphatic heterocycles. The number of halogens is 3. The Balaban J connectivity index is -0.000000221. The van der Waals surface area contributed by atoms with Gasteiger partial charge in [-0.15, -0.1) is 28.3 Å². The highest BCUT2D eigenvalue weighted by Gasteiger charge is 2.32. The summed E-state index contributed by atoms with van der Waals surface area (Å²) in [6.07, 6.45) is 1.62. The number of amides is 2. The van der Waals surface area contributed by atoms with Gasteiger partial charge in [0, 0.05) is 56.9 Å². The number of hydrogen-bond donors (Lipinski definition) is 1. The summed E-state index contributed by atoms with van der Waals surface area (Å²) in [5, 5.41) is 8.50. The number of epoxide rings is 1. The molecule has 0 aromatic rings. The maximum Gasteiger partial charge on any atom is 0.332 e. The molecule has 2 unspecified atom stereocenters. The molecule has 43 heavy (non-hydrogen) atoms. The summed E-state index contributed by atoms with van der Waals surface area (Å²) in [5.41, 5.74) is 0. The van der Waals surface area contributed by atoms with E-state index < -0.39 is 17.8 Å². The normalized spacial score (nSPS) is 14.6. The Morgan fingerprint density at radius 2 is 1.37 bits per heavy atom. The molecular formula is C27H48Cl3NO12. The number of ether oxygens (including phenoxy) is 4. The van der Waals surface area contributed by atoms with E-state index in [1.54, 1.807) is 34.6 Å². The molecule has 13 nitrogen and oxygen atoms in total. The fourth-order valence-electron chi connectivity index (χ4n) is 1.62. The molecule has 16 heteroatoms. The van der Waals surface area contributed by atoms with Crippen molar-refractivity contribution in [2.75, 3.05) is 45.3 Å². The first-order chi connectivity index (χ1) is 20.2. The number of aliphatic hydroxyl groups excluding tert-OH is 1. The number of methoxy groups -OCH3 is 1. The Kier molecular flexibility index (Phi) is 38.4. The summed E-state index contributed by atoms with van der Waals surface area (Å²) in [6.45, 7) is 13.1. The summed E-state index contributed by atoms with van der Waals surface area (Å²) >= 11 is 15.2. The maximum atomic E-state index is 10.9. The van der Waals surface area contributed by atoms with Crippen LogP contribution in [0.25, 0.3) is 0 Å². The van der Waals surface area contributed by atoms with Crippen LogP contribution >= 0.6 is 34.8 Å². The van der Waals surface area contributed by atoms with Crippen LogP contribution in [0.5, 0.6) is 0 Å². The molecule has 2 saturated heterocycles. The predicted octanol–water partition coefficient (Wildman–Crippen LogP) is 3.94. The van der Waals surface area contributed by atoms with Crippen molar-refractivity contribution in [2.24, 2.45) is 0 Å². The number of hydroxylamine groups is 2. The minimum absolute atomic E-state index is 0.135. The second-order valence-corrected chi connectivity index (χ2v) is 9.03. The molecule has 2 fully saturated rings. The molecule has 0 bridgehead atoms. The first-order valence-corrected chi connectivity index (χ1v) is 15.2. The largest absolute Gasteiger partial charge is 0.469 e. The Morgan fingerprint density at radius 1 is 0.930 bits per heavy atom. The second-order valence-electron chi connectivity index (χ2n) is 7.92. The number of carbonyl (C=O) groups excluding carboxylic acids is 6. The molecule has 1 N–H and O–H groups in total. The minimum Gasteiger partial charge on any atom is -0.469 e. The van der Waals surface area contributed by atoms with E-state index in [0.29, 0.717) is 49.3 Å². The predicted molar refractivity (Wildman–Crippen MR) is 162 cm³/mol. The van der Waals surface area contributed by atoms with E-state index in [-0.39, 0.29) is 48.7 Å². The third kappa shape index (κ3) is 40.0. The second kappa shape index (κ2) is 34.5. The van der Waals surface area contributed by atoms with E-state index in [9.17, 15) is 28.8 Å². The van der Waals surface area contributed by atoms with Crippen LogP contribution in [0.2, 0.25) is 0 Å². The zero-order valence-electron chi connectivity index (χ0n) is 26.2. The van der Waals surface area contributed by atoms with Gasteiger partial charge in [-0.1, -0.05) is 27.7 Å². The average Bonchev–Trinajstić information content (AvgIpc) is 3.80. The van der Waals surface area contributed by atoms with E-state index in [2.05, 4.69) is 9.57 Å². The quantitative estimate of drug-likeness (QED) is 0.0830. The Hall–Kier alpha value is -2.03. The van der Waals surface area contributed by atoms with Crippen LogP contribution in [0.15, 0.2) is 0 Å². The van der Waals surface area contributed by atoms with Gasteiger partial charge in [0.2, 0.25) is 5.24 Å². The van der Waals surface area contributed by atoms with E-state index >= 15 is 0 Å². The molecule has 2 aliphatic rings. The minimum atomic E-state index is -0.571. The van der Waals surface area contributed by atoms with Crippen molar-refractivity contribution in [1.82, 2.24) is 5.06 Å². The third-order valence-electron chi connectivity index (χ3n) is 4.05. The monoisotopic (exact) mass is 683 g/mol. The zero-order valence-corrected chi connectivity index (χ0v) is 28.4. The van der Waals surface area contributed by atoms with Gasteiger partial charge in [-0.25, -0.2) is 4.79 Å². The van der Waals surface area contributed by atoms with Crippen LogP contribution in [-0.4, -0.2) is 103 Å². The molecule has 0 radical (unpaired) electrons. The number of rotatable bonds is 11. The molecule has 2 rings (SSSR count). The molecule has 2 atom stereocenters. The van der Waals surface area contributed by atoms with Gasteiger partial charge < -0.3 is 28.9 Å². The number of alkyl halides is 2. The van der Waals surface area contributed by atoms with Crippen molar-refractivity contribution in [3.63, 3.8) is 0 Å². The number of nitrogens with zero attached hydrogens (tertiary/aromatic N) is 1. The van der Waals surface area contributed by atoms with Crippen LogP contribution in [0.3, 0.4) is 0 Å². The summed E-state index contributed by atoms with van der Waals surface area (Å²) in [5.74, 6) is -0.823. The molecule has 0 aliphatic carbocycles. The topological polar surface area (TPSA) is 175 Å². The van der Waals surface area contributed by atoms with Gasteiger partial charge in [0.15, 0.2) is 0 Å². The van der Waals surface area contributed by atoms with E-state index in [1.165, 1.54) is 7.11 Å². The summed E-state index contributed by atoms with van der Waals surface area (Å²) in [4.78, 5) is 66.9. The first-order valence-electron chi connectivity index (χ1n) is 13.7. The molecule has 2 heterocycles. The molecule has 254 valence electrons. The van der Waals surface area contributed by atoms with Crippen molar-refractivity contribution >= 4 is 69.8 Å². The highest BCUT2D eigenvalue weighted by Crippen LogP contribution is 2.12. The van der Waals surface area contributed by atoms with Gasteiger partial charge in [0.25, 0.3) is 11.8 Å². The van der Waals surface area contributed by atoms with Crippen LogP contribution in [-0.2, 0) is 52.6 Å². The molecular weight excluding hydrogens is 637 g/mol. The van der Waals surface area contributed by atoms with Gasteiger partial charge in [-0.2, -0.15) is 0 Å². The average molecular weight is 685 g/mol. The van der Waals surface area contributed by atoms with Crippen molar-refractivity contribution in [3.8, 4) is 0 Å². The lowest BCUT2D eigenvalue weighted by Crippen LogP contribution is -2.31. The van der Waals surface area contributed by atoms with Crippen molar-refractivity contribution in [2.45, 2.75) is 92.3 Å². The Bertz CT molecular complexity index is 739. The number of imide groups is 1. The lowest BCUT2D eigenvalue weighted by molar-refractivity contribution is -0.197. The van der Waals surface area contributed by atoms with Crippen LogP contribution < -0.4 is 0 Å². The standard InChI is InChI=1S/C7H9NO4.C6H10O3.C4H9ClO.C4H8O2.C3H7ClO.C3H5ClO/c1-2-7(11)12-8-5(9)3-4-6(8)10;1-2-6(7)9-4-5-3-8-5;1-2-6-4-3-5;1-3-4(5)6-2;1-3(5)2-4;1-2-3(4)5/h2-4H2,1H3;5H,2-4H2,1H3;2-4H2,1H3;3H2,1-2H3;3,5H,2H2,1H3;2H2,1H3. The van der Waals surface area contributed by atoms with Crippen LogP contribution in [0.4, 0.5) is 0 Å². The molecule has 0 spiro atoms. The fraction of sp³-hybridized carbons (Fsp3) is 0.778. The highest BCUT2D eigenvalue weighted by atomic mass is 35.5. The van der Waals surface area contributed by atoms with Crippen LogP contribution in [0.1, 0.15) is 80.1 Å². The lowest BCUT2D eigenvalue weighted by atomic mass is 10.4. The van der Waals surface area contributed by atoms with Gasteiger partial charge in [0.05, 0.1) is 26.4 Å². The summed E-state index contributed by atoms with van der Waals surface area (Å²) in [6, 6.07) is 0. The third-order valence-corrected chi connectivity index (χ3v) is 4.92. The SMILES string of the molecule is CC(O)CCl.CCC(=O)Cl.CCC(=O)OC.CCC(=O)OCC1CO1.CCC(=O)ON1C(=O)CCC1=O.CCOCCCl. The molecule has 2 amide bonds. The van der Waals surface area contributed by atoms with Crippen molar-refractivity contribution < 1.29 is 57.7 Å². The van der Waals surface area contributed by atoms with Gasteiger partial charge in [-0.3, -0.25) is 24.0 Å². The van der Waals surface area contributed by atoms with E-state index in [0.717, 1.165) is 13.2 Å². The maximum absolute atomic E-state index is 10.9. The Labute approximate surface area is 269 Å². The number of esters is 2. The summed E-state index contributed by atoms with van der Waals surface area (Å²) in [7, 11) is 1.38. The first kappa shape index (κ1) is 47.9. The molecule has 0 aromatic carbocycles. The van der Waals surface area contributed by atoms with Gasteiger partial charge in [0.1, 0.15) is 12.7 Å². The number of hydrogen-bond acceptors (Lipinski definition) is 12. The smallest absolute Gasteiger partial charge is 0.332 e. The fourth-order valence-corrected chi connectivity index (χ4v) is 1.73. The van der Waals surface area contributed by atoms with E-state index in [4.69, 9.17) is 54.1 Å². The van der Waals surface area contributed by atoms with Crippen molar-refractivity contribution in [3.05, 3.63) is 0 Å². The van der Waals surface area contributed by atoms with Crippen molar-refractivity contribution in [1.29, 1.82) is 0 Å². The lowest BCUT2D eigenvalue weighted by Gasteiger charge is -2.10. The van der Waals surface area contributed by atoms with Crippen LogP contribution in [0, 0.1) is 0 Å². The van der Waals surface area contributed by atoms with E-state index in [1.807, 2.05) is 6.92 Å². The van der Waals surface area contributed by atoms with Gasteiger partial charge >= 0.3 is 17.9 Å². The number of aliphatic hydroxyl groups is 1. The summed E-state index contributed by atoms with van der Waals surface area (Å²) < 4.78 is 18.7. The Morgan fingerprint density at radius 3 is 1.60 bits per heavy atom. The zero-order chi connectivity index (χ0) is 34.2.